The SMILES string of the molecule is CSc1c(NC2CCC2)sc(C(=O)N(C)C)c1N. The van der Waals surface area contributed by atoms with Gasteiger partial charge in [-0.05, 0) is 25.5 Å². The maximum absolute atomic E-state index is 12.0. The molecule has 1 aromatic heterocycles. The Labute approximate surface area is 116 Å². The van der Waals surface area contributed by atoms with E-state index < -0.39 is 0 Å². The molecule has 18 heavy (non-hydrogen) atoms. The van der Waals surface area contributed by atoms with Crippen molar-refractivity contribution in [1.82, 2.24) is 4.90 Å². The Kier molecular flexibility index (Phi) is 4.07. The summed E-state index contributed by atoms with van der Waals surface area (Å²) < 4.78 is 0. The molecule has 0 spiro atoms. The molecule has 0 aliphatic heterocycles. The van der Waals surface area contributed by atoms with Gasteiger partial charge in [0.05, 0.1) is 10.6 Å². The summed E-state index contributed by atoms with van der Waals surface area (Å²) in [6.07, 6.45) is 5.70. The molecule has 100 valence electrons. The number of carbonyl (C=O) groups is 1. The van der Waals surface area contributed by atoms with Crippen molar-refractivity contribution >= 4 is 39.7 Å². The zero-order valence-electron chi connectivity index (χ0n) is 10.9. The molecule has 0 saturated heterocycles. The summed E-state index contributed by atoms with van der Waals surface area (Å²) >= 11 is 3.08. The number of nitrogens with two attached hydrogens (primary N) is 1. The van der Waals surface area contributed by atoms with Crippen LogP contribution >= 0.6 is 23.1 Å². The molecular formula is C12H19N3OS2. The second kappa shape index (κ2) is 5.40. The van der Waals surface area contributed by atoms with Gasteiger partial charge in [-0.2, -0.15) is 0 Å². The average molecular weight is 285 g/mol. The molecule has 1 aliphatic rings. The van der Waals surface area contributed by atoms with Crippen LogP contribution in [0.2, 0.25) is 0 Å². The van der Waals surface area contributed by atoms with Gasteiger partial charge in [0.25, 0.3) is 5.91 Å². The largest absolute Gasteiger partial charge is 0.396 e. The highest BCUT2D eigenvalue weighted by molar-refractivity contribution is 7.99. The first kappa shape index (κ1) is 13.5. The van der Waals surface area contributed by atoms with Crippen molar-refractivity contribution in [3.05, 3.63) is 4.88 Å². The fraction of sp³-hybridized carbons (Fsp3) is 0.583. The lowest BCUT2D eigenvalue weighted by molar-refractivity contribution is 0.0833. The molecular weight excluding hydrogens is 266 g/mol. The Bertz CT molecular complexity index is 452. The molecule has 1 amide bonds. The van der Waals surface area contributed by atoms with E-state index in [9.17, 15) is 4.79 Å². The highest BCUT2D eigenvalue weighted by atomic mass is 32.2. The zero-order valence-corrected chi connectivity index (χ0v) is 12.6. The summed E-state index contributed by atoms with van der Waals surface area (Å²) in [5, 5.41) is 4.55. The summed E-state index contributed by atoms with van der Waals surface area (Å²) in [4.78, 5) is 15.3. The molecule has 0 aromatic carbocycles. The van der Waals surface area contributed by atoms with E-state index in [1.54, 1.807) is 30.8 Å². The molecule has 0 radical (unpaired) electrons. The first-order valence-electron chi connectivity index (χ1n) is 5.99. The van der Waals surface area contributed by atoms with Gasteiger partial charge in [-0.15, -0.1) is 23.1 Å². The molecule has 1 fully saturated rings. The van der Waals surface area contributed by atoms with E-state index in [2.05, 4.69) is 5.32 Å². The van der Waals surface area contributed by atoms with E-state index in [0.717, 1.165) is 9.90 Å². The van der Waals surface area contributed by atoms with Crippen LogP contribution in [-0.4, -0.2) is 37.2 Å². The van der Waals surface area contributed by atoms with Gasteiger partial charge in [0.1, 0.15) is 9.88 Å². The van der Waals surface area contributed by atoms with Crippen molar-refractivity contribution in [3.63, 3.8) is 0 Å². The second-order valence-electron chi connectivity index (χ2n) is 4.68. The van der Waals surface area contributed by atoms with Crippen LogP contribution in [-0.2, 0) is 0 Å². The van der Waals surface area contributed by atoms with E-state index in [1.165, 1.54) is 30.6 Å². The average Bonchev–Trinajstić information content (AvgIpc) is 2.59. The van der Waals surface area contributed by atoms with E-state index >= 15 is 0 Å². The van der Waals surface area contributed by atoms with Gasteiger partial charge >= 0.3 is 0 Å². The van der Waals surface area contributed by atoms with E-state index in [1.807, 2.05) is 6.26 Å². The lowest BCUT2D eigenvalue weighted by Crippen LogP contribution is -2.26. The van der Waals surface area contributed by atoms with Gasteiger partial charge < -0.3 is 16.0 Å². The first-order chi connectivity index (χ1) is 8.54. The van der Waals surface area contributed by atoms with Crippen LogP contribution in [0.25, 0.3) is 0 Å². The van der Waals surface area contributed by atoms with Crippen LogP contribution in [0.15, 0.2) is 4.90 Å². The van der Waals surface area contributed by atoms with Crippen LogP contribution in [0.5, 0.6) is 0 Å². The van der Waals surface area contributed by atoms with Crippen molar-refractivity contribution in [2.45, 2.75) is 30.2 Å². The summed E-state index contributed by atoms with van der Waals surface area (Å²) in [6, 6.07) is 0.552. The summed E-state index contributed by atoms with van der Waals surface area (Å²) in [7, 11) is 3.50. The number of anilines is 2. The van der Waals surface area contributed by atoms with Crippen LogP contribution < -0.4 is 11.1 Å². The molecule has 3 N–H and O–H groups in total. The minimum atomic E-state index is -0.0190. The molecule has 0 atom stereocenters. The van der Waals surface area contributed by atoms with Gasteiger partial charge in [-0.3, -0.25) is 4.79 Å². The Morgan fingerprint density at radius 3 is 2.61 bits per heavy atom. The third-order valence-corrected chi connectivity index (χ3v) is 5.23. The Balaban J connectivity index is 2.28. The van der Waals surface area contributed by atoms with E-state index in [-0.39, 0.29) is 5.91 Å². The van der Waals surface area contributed by atoms with Crippen LogP contribution in [0.1, 0.15) is 28.9 Å². The monoisotopic (exact) mass is 285 g/mol. The molecule has 0 bridgehead atoms. The number of amides is 1. The number of nitrogens with one attached hydrogen (secondary N) is 1. The highest BCUT2D eigenvalue weighted by Crippen LogP contribution is 2.43. The highest BCUT2D eigenvalue weighted by Gasteiger charge is 2.25. The summed E-state index contributed by atoms with van der Waals surface area (Å²) in [6.45, 7) is 0. The number of nitrogen functional groups attached to an aromatic ring is 1. The zero-order chi connectivity index (χ0) is 13.3. The quantitative estimate of drug-likeness (QED) is 0.835. The lowest BCUT2D eigenvalue weighted by atomic mass is 9.93. The first-order valence-corrected chi connectivity index (χ1v) is 8.03. The lowest BCUT2D eigenvalue weighted by Gasteiger charge is -2.27. The fourth-order valence-electron chi connectivity index (χ4n) is 1.83. The number of hydrogen-bond acceptors (Lipinski definition) is 5. The molecule has 1 heterocycles. The van der Waals surface area contributed by atoms with Crippen LogP contribution in [0, 0.1) is 0 Å². The Hall–Kier alpha value is -0.880. The Morgan fingerprint density at radius 2 is 2.17 bits per heavy atom. The van der Waals surface area contributed by atoms with Crippen molar-refractivity contribution in [2.24, 2.45) is 0 Å². The number of nitrogens with zero attached hydrogens (tertiary/aromatic N) is 1. The normalized spacial score (nSPS) is 15.3. The maximum Gasteiger partial charge on any atom is 0.265 e. The fourth-order valence-corrected chi connectivity index (χ4v) is 3.95. The third-order valence-electron chi connectivity index (χ3n) is 3.14. The third kappa shape index (κ3) is 2.44. The molecule has 1 aliphatic carbocycles. The molecule has 4 nitrogen and oxygen atoms in total. The van der Waals surface area contributed by atoms with Crippen molar-refractivity contribution in [3.8, 4) is 0 Å². The van der Waals surface area contributed by atoms with E-state index in [0.29, 0.717) is 16.6 Å². The van der Waals surface area contributed by atoms with Gasteiger partial charge in [0.15, 0.2) is 0 Å². The van der Waals surface area contributed by atoms with E-state index in [4.69, 9.17) is 5.73 Å². The van der Waals surface area contributed by atoms with Crippen molar-refractivity contribution in [2.75, 3.05) is 31.4 Å². The van der Waals surface area contributed by atoms with Gasteiger partial charge in [0, 0.05) is 20.1 Å². The second-order valence-corrected chi connectivity index (χ2v) is 6.52. The standard InChI is InChI=1S/C12H19N3OS2/c1-15(2)12(16)10-8(13)9(17-3)11(18-10)14-7-5-4-6-7/h7,14H,4-6,13H2,1-3H3. The molecule has 6 heteroatoms. The van der Waals surface area contributed by atoms with Crippen LogP contribution in [0.4, 0.5) is 10.7 Å². The van der Waals surface area contributed by atoms with Gasteiger partial charge in [-0.25, -0.2) is 0 Å². The number of carbonyl (C=O) groups excluding carboxylic acids is 1. The number of hydrogen-bond donors (Lipinski definition) is 2. The predicted molar refractivity (Wildman–Crippen MR) is 79.8 cm³/mol. The Morgan fingerprint density at radius 1 is 1.50 bits per heavy atom. The summed E-state index contributed by atoms with van der Waals surface area (Å²) in [5.74, 6) is -0.0190. The topological polar surface area (TPSA) is 58.4 Å². The van der Waals surface area contributed by atoms with Crippen molar-refractivity contribution < 1.29 is 4.79 Å². The molecule has 0 unspecified atom stereocenters. The minimum absolute atomic E-state index is 0.0190. The molecule has 1 aromatic rings. The smallest absolute Gasteiger partial charge is 0.265 e. The number of thioether (sulfide) groups is 1. The predicted octanol–water partition coefficient (Wildman–Crippen LogP) is 2.72. The number of thiophene rings is 1. The van der Waals surface area contributed by atoms with Crippen LogP contribution in [0.3, 0.4) is 0 Å². The van der Waals surface area contributed by atoms with Crippen molar-refractivity contribution in [1.29, 1.82) is 0 Å². The van der Waals surface area contributed by atoms with Gasteiger partial charge in [0.2, 0.25) is 0 Å². The van der Waals surface area contributed by atoms with Gasteiger partial charge in [-0.1, -0.05) is 0 Å². The molecule has 1 saturated carbocycles. The maximum atomic E-state index is 12.0. The molecule has 2 rings (SSSR count). The minimum Gasteiger partial charge on any atom is -0.396 e. The summed E-state index contributed by atoms with van der Waals surface area (Å²) in [5.41, 5.74) is 6.71. The number of rotatable bonds is 4.